The summed E-state index contributed by atoms with van der Waals surface area (Å²) in [5, 5.41) is 2.99. The fraction of sp³-hybridized carbons (Fsp3) is 0.333. The summed E-state index contributed by atoms with van der Waals surface area (Å²) in [4.78, 5) is 38.4. The standard InChI is InChI=1S/C24H26FN5O2/c1-16-21(24(32)29-23(28-16)18-8-11-26-12-9-18)6-7-22(31)27-14-17-10-13-30(15-17)20-4-2-19(25)3-5-20/h2-5,8-9,11-12,17H,6-7,10,13-15H2,1H3,(H,27,31)(H,28,29,32). The van der Waals surface area contributed by atoms with E-state index in [1.165, 1.54) is 12.1 Å². The van der Waals surface area contributed by atoms with Gasteiger partial charge < -0.3 is 15.2 Å². The molecule has 1 aromatic carbocycles. The number of H-pyrrole nitrogens is 1. The van der Waals surface area contributed by atoms with Crippen LogP contribution in [0, 0.1) is 18.7 Å². The average Bonchev–Trinajstić information content (AvgIpc) is 3.27. The van der Waals surface area contributed by atoms with Crippen molar-refractivity contribution in [3.63, 3.8) is 0 Å². The summed E-state index contributed by atoms with van der Waals surface area (Å²) in [6.45, 7) is 4.09. The zero-order valence-electron chi connectivity index (χ0n) is 18.0. The summed E-state index contributed by atoms with van der Waals surface area (Å²) in [6.07, 6.45) is 4.83. The molecule has 1 aliphatic heterocycles. The van der Waals surface area contributed by atoms with E-state index in [1.807, 2.05) is 0 Å². The number of anilines is 1. The van der Waals surface area contributed by atoms with Gasteiger partial charge in [-0.15, -0.1) is 0 Å². The summed E-state index contributed by atoms with van der Waals surface area (Å²) < 4.78 is 13.1. The van der Waals surface area contributed by atoms with Crippen LogP contribution in [0.1, 0.15) is 24.1 Å². The third-order valence-electron chi connectivity index (χ3n) is 5.84. The summed E-state index contributed by atoms with van der Waals surface area (Å²) in [5.74, 6) is 0.515. The summed E-state index contributed by atoms with van der Waals surface area (Å²) >= 11 is 0. The first kappa shape index (κ1) is 21.7. The summed E-state index contributed by atoms with van der Waals surface area (Å²) in [6, 6.07) is 10.1. The Morgan fingerprint density at radius 2 is 1.97 bits per heavy atom. The topological polar surface area (TPSA) is 91.0 Å². The molecule has 3 aromatic rings. The van der Waals surface area contributed by atoms with Crippen molar-refractivity contribution in [3.8, 4) is 11.4 Å². The molecule has 0 radical (unpaired) electrons. The number of benzene rings is 1. The molecule has 1 amide bonds. The van der Waals surface area contributed by atoms with E-state index in [2.05, 4.69) is 25.2 Å². The molecule has 2 N–H and O–H groups in total. The van der Waals surface area contributed by atoms with Crippen molar-refractivity contribution in [2.45, 2.75) is 26.2 Å². The molecular formula is C24H26FN5O2. The molecule has 1 atom stereocenters. The fourth-order valence-corrected chi connectivity index (χ4v) is 4.02. The lowest BCUT2D eigenvalue weighted by atomic mass is 10.1. The molecule has 1 saturated heterocycles. The van der Waals surface area contributed by atoms with Gasteiger partial charge in [0.2, 0.25) is 5.91 Å². The third kappa shape index (κ3) is 5.19. The Morgan fingerprint density at radius 1 is 1.22 bits per heavy atom. The number of nitrogens with zero attached hydrogens (tertiary/aromatic N) is 3. The number of carbonyl (C=O) groups excluding carboxylic acids is 1. The number of hydrogen-bond acceptors (Lipinski definition) is 5. The Kier molecular flexibility index (Phi) is 6.58. The number of nitrogens with one attached hydrogen (secondary N) is 2. The number of hydrogen-bond donors (Lipinski definition) is 2. The van der Waals surface area contributed by atoms with Crippen LogP contribution in [0.2, 0.25) is 0 Å². The first-order chi connectivity index (χ1) is 15.5. The van der Waals surface area contributed by atoms with Gasteiger partial charge >= 0.3 is 0 Å². The monoisotopic (exact) mass is 435 g/mol. The molecular weight excluding hydrogens is 409 g/mol. The van der Waals surface area contributed by atoms with E-state index in [-0.39, 0.29) is 23.7 Å². The highest BCUT2D eigenvalue weighted by Gasteiger charge is 2.23. The van der Waals surface area contributed by atoms with E-state index in [4.69, 9.17) is 0 Å². The zero-order valence-corrected chi connectivity index (χ0v) is 18.0. The minimum Gasteiger partial charge on any atom is -0.371 e. The molecule has 1 unspecified atom stereocenters. The predicted octanol–water partition coefficient (Wildman–Crippen LogP) is 2.85. The average molecular weight is 436 g/mol. The van der Waals surface area contributed by atoms with E-state index in [9.17, 15) is 14.0 Å². The molecule has 0 saturated carbocycles. The first-order valence-corrected chi connectivity index (χ1v) is 10.8. The summed E-state index contributed by atoms with van der Waals surface area (Å²) in [7, 11) is 0. The van der Waals surface area contributed by atoms with Gasteiger partial charge in [-0.25, -0.2) is 9.37 Å². The number of carbonyl (C=O) groups is 1. The van der Waals surface area contributed by atoms with E-state index in [1.54, 1.807) is 43.6 Å². The number of pyridine rings is 1. The Morgan fingerprint density at radius 3 is 2.69 bits per heavy atom. The van der Waals surface area contributed by atoms with Gasteiger partial charge in [0, 0.05) is 61.0 Å². The Labute approximate surface area is 185 Å². The lowest BCUT2D eigenvalue weighted by Gasteiger charge is -2.18. The number of rotatable bonds is 7. The normalized spacial score (nSPS) is 15.7. The number of aromatic nitrogens is 3. The van der Waals surface area contributed by atoms with Crippen molar-refractivity contribution in [3.05, 3.63) is 76.2 Å². The van der Waals surface area contributed by atoms with Crippen LogP contribution in [-0.4, -0.2) is 40.5 Å². The largest absolute Gasteiger partial charge is 0.371 e. The summed E-state index contributed by atoms with van der Waals surface area (Å²) in [5.41, 5.74) is 2.72. The minimum absolute atomic E-state index is 0.0813. The second-order valence-corrected chi connectivity index (χ2v) is 8.10. The maximum atomic E-state index is 13.1. The number of aryl methyl sites for hydroxylation is 1. The molecule has 1 fully saturated rings. The highest BCUT2D eigenvalue weighted by atomic mass is 19.1. The van der Waals surface area contributed by atoms with Crippen LogP contribution in [-0.2, 0) is 11.2 Å². The molecule has 0 spiro atoms. The highest BCUT2D eigenvalue weighted by Crippen LogP contribution is 2.23. The lowest BCUT2D eigenvalue weighted by molar-refractivity contribution is -0.121. The van der Waals surface area contributed by atoms with Crippen molar-refractivity contribution in [2.24, 2.45) is 5.92 Å². The van der Waals surface area contributed by atoms with E-state index in [0.717, 1.165) is 30.8 Å². The van der Waals surface area contributed by atoms with Gasteiger partial charge in [-0.3, -0.25) is 14.6 Å². The van der Waals surface area contributed by atoms with E-state index < -0.39 is 0 Å². The molecule has 0 aliphatic carbocycles. The molecule has 4 rings (SSSR count). The molecule has 166 valence electrons. The Balaban J connectivity index is 1.27. The predicted molar refractivity (Wildman–Crippen MR) is 121 cm³/mol. The third-order valence-corrected chi connectivity index (χ3v) is 5.84. The maximum absolute atomic E-state index is 13.1. The molecule has 3 heterocycles. The smallest absolute Gasteiger partial charge is 0.254 e. The number of aromatic amines is 1. The molecule has 7 nitrogen and oxygen atoms in total. The van der Waals surface area contributed by atoms with Crippen molar-refractivity contribution < 1.29 is 9.18 Å². The van der Waals surface area contributed by atoms with Crippen molar-refractivity contribution in [1.29, 1.82) is 0 Å². The van der Waals surface area contributed by atoms with Crippen LogP contribution < -0.4 is 15.8 Å². The van der Waals surface area contributed by atoms with Gasteiger partial charge in [-0.1, -0.05) is 0 Å². The quantitative estimate of drug-likeness (QED) is 0.596. The van der Waals surface area contributed by atoms with Crippen LogP contribution in [0.4, 0.5) is 10.1 Å². The molecule has 1 aliphatic rings. The SMILES string of the molecule is Cc1nc(-c2ccncc2)[nH]c(=O)c1CCC(=O)NCC1CCN(c2ccc(F)cc2)C1. The van der Waals surface area contributed by atoms with E-state index in [0.29, 0.717) is 36.0 Å². The van der Waals surface area contributed by atoms with Gasteiger partial charge in [0.25, 0.3) is 5.56 Å². The number of amides is 1. The fourth-order valence-electron chi connectivity index (χ4n) is 4.02. The minimum atomic E-state index is -0.243. The number of halogens is 1. The Bertz CT molecular complexity index is 1130. The Hall–Kier alpha value is -3.55. The van der Waals surface area contributed by atoms with Gasteiger partial charge in [-0.2, -0.15) is 0 Å². The highest BCUT2D eigenvalue weighted by molar-refractivity contribution is 5.76. The second-order valence-electron chi connectivity index (χ2n) is 8.10. The molecule has 8 heteroatoms. The zero-order chi connectivity index (χ0) is 22.5. The second kappa shape index (κ2) is 9.72. The maximum Gasteiger partial charge on any atom is 0.254 e. The van der Waals surface area contributed by atoms with Crippen LogP contribution in [0.15, 0.2) is 53.6 Å². The van der Waals surface area contributed by atoms with Gasteiger partial charge in [0.1, 0.15) is 11.6 Å². The van der Waals surface area contributed by atoms with Gasteiger partial charge in [0.05, 0.1) is 0 Å². The molecule has 2 aromatic heterocycles. The van der Waals surface area contributed by atoms with Crippen molar-refractivity contribution in [2.75, 3.05) is 24.5 Å². The van der Waals surface area contributed by atoms with Crippen LogP contribution >= 0.6 is 0 Å². The first-order valence-electron chi connectivity index (χ1n) is 10.8. The van der Waals surface area contributed by atoms with Gasteiger partial charge in [-0.05, 0) is 62.1 Å². The molecule has 0 bridgehead atoms. The molecule has 32 heavy (non-hydrogen) atoms. The van der Waals surface area contributed by atoms with Crippen molar-refractivity contribution >= 4 is 11.6 Å². The van der Waals surface area contributed by atoms with E-state index >= 15 is 0 Å². The van der Waals surface area contributed by atoms with Crippen LogP contribution in [0.25, 0.3) is 11.4 Å². The van der Waals surface area contributed by atoms with Gasteiger partial charge in [0.15, 0.2) is 0 Å². The van der Waals surface area contributed by atoms with Crippen LogP contribution in [0.5, 0.6) is 0 Å². The lowest BCUT2D eigenvalue weighted by Crippen LogP contribution is -2.31. The van der Waals surface area contributed by atoms with Crippen LogP contribution in [0.3, 0.4) is 0 Å². The van der Waals surface area contributed by atoms with Crippen molar-refractivity contribution in [1.82, 2.24) is 20.3 Å².